The van der Waals surface area contributed by atoms with Crippen LogP contribution in [-0.4, -0.2) is 10.2 Å². The number of pyridine rings is 1. The SMILES string of the molecule is Cc1cnccc1C(=O)Cl. The first-order valence-corrected chi connectivity index (χ1v) is 3.20. The zero-order chi connectivity index (χ0) is 7.56. The van der Waals surface area contributed by atoms with Gasteiger partial charge in [-0.1, -0.05) is 0 Å². The van der Waals surface area contributed by atoms with Gasteiger partial charge >= 0.3 is 0 Å². The number of rotatable bonds is 1. The Labute approximate surface area is 63.8 Å². The number of carbonyl (C=O) groups excluding carboxylic acids is 1. The number of hydrogen-bond acceptors (Lipinski definition) is 2. The van der Waals surface area contributed by atoms with Crippen LogP contribution in [0.1, 0.15) is 15.9 Å². The summed E-state index contributed by atoms with van der Waals surface area (Å²) in [5.74, 6) is 0. The molecule has 0 saturated carbocycles. The second-order valence-electron chi connectivity index (χ2n) is 1.96. The van der Waals surface area contributed by atoms with E-state index < -0.39 is 5.24 Å². The second-order valence-corrected chi connectivity index (χ2v) is 2.31. The fourth-order valence-corrected chi connectivity index (χ4v) is 0.906. The summed E-state index contributed by atoms with van der Waals surface area (Å²) < 4.78 is 0. The number of nitrogens with zero attached hydrogens (tertiary/aromatic N) is 1. The Morgan fingerprint density at radius 1 is 1.70 bits per heavy atom. The monoisotopic (exact) mass is 155 g/mol. The van der Waals surface area contributed by atoms with Crippen molar-refractivity contribution in [3.8, 4) is 0 Å². The standard InChI is InChI=1S/C7H6ClNO/c1-5-4-9-3-2-6(5)7(8)10/h2-4H,1H3. The molecule has 0 N–H and O–H groups in total. The summed E-state index contributed by atoms with van der Waals surface area (Å²) in [6.45, 7) is 1.79. The molecule has 0 spiro atoms. The summed E-state index contributed by atoms with van der Waals surface area (Å²) in [6.07, 6.45) is 3.15. The minimum absolute atomic E-state index is 0.431. The number of hydrogen-bond donors (Lipinski definition) is 0. The quantitative estimate of drug-likeness (QED) is 0.579. The highest BCUT2D eigenvalue weighted by molar-refractivity contribution is 6.67. The maximum atomic E-state index is 10.6. The van der Waals surface area contributed by atoms with Gasteiger partial charge in [0.05, 0.1) is 0 Å². The van der Waals surface area contributed by atoms with E-state index in [9.17, 15) is 4.79 Å². The maximum absolute atomic E-state index is 10.6. The Hall–Kier alpha value is -0.890. The van der Waals surface area contributed by atoms with Gasteiger partial charge in [-0.2, -0.15) is 0 Å². The molecule has 0 atom stereocenters. The highest BCUT2D eigenvalue weighted by atomic mass is 35.5. The molecule has 0 aliphatic heterocycles. The van der Waals surface area contributed by atoms with E-state index in [2.05, 4.69) is 4.98 Å². The first kappa shape index (κ1) is 7.22. The van der Waals surface area contributed by atoms with Gasteiger partial charge in [-0.05, 0) is 30.2 Å². The molecular formula is C7H6ClNO. The predicted octanol–water partition coefficient (Wildman–Crippen LogP) is 1.77. The Morgan fingerprint density at radius 2 is 2.40 bits per heavy atom. The molecule has 0 radical (unpaired) electrons. The van der Waals surface area contributed by atoms with E-state index in [1.54, 1.807) is 25.4 Å². The molecule has 0 aliphatic carbocycles. The van der Waals surface area contributed by atoms with E-state index in [1.807, 2.05) is 0 Å². The summed E-state index contributed by atoms with van der Waals surface area (Å²) in [4.78, 5) is 14.4. The van der Waals surface area contributed by atoms with E-state index in [4.69, 9.17) is 11.6 Å². The average molecular weight is 156 g/mol. The summed E-state index contributed by atoms with van der Waals surface area (Å²) in [5.41, 5.74) is 1.33. The number of carbonyl (C=O) groups is 1. The van der Waals surface area contributed by atoms with Gasteiger partial charge in [-0.3, -0.25) is 9.78 Å². The minimum Gasteiger partial charge on any atom is -0.276 e. The maximum Gasteiger partial charge on any atom is 0.252 e. The first-order valence-electron chi connectivity index (χ1n) is 2.82. The van der Waals surface area contributed by atoms with Crippen LogP contribution in [0.4, 0.5) is 0 Å². The molecule has 0 unspecified atom stereocenters. The van der Waals surface area contributed by atoms with E-state index in [-0.39, 0.29) is 0 Å². The number of aryl methyl sites for hydroxylation is 1. The van der Waals surface area contributed by atoms with Crippen LogP contribution in [-0.2, 0) is 0 Å². The highest BCUT2D eigenvalue weighted by Gasteiger charge is 2.02. The van der Waals surface area contributed by atoms with Crippen LogP contribution >= 0.6 is 11.6 Å². The normalized spacial score (nSPS) is 9.40. The smallest absolute Gasteiger partial charge is 0.252 e. The molecule has 0 fully saturated rings. The van der Waals surface area contributed by atoms with Crippen LogP contribution in [0, 0.1) is 6.92 Å². The predicted molar refractivity (Wildman–Crippen MR) is 39.2 cm³/mol. The van der Waals surface area contributed by atoms with Gasteiger partial charge in [0.15, 0.2) is 0 Å². The highest BCUT2D eigenvalue weighted by Crippen LogP contribution is 2.07. The van der Waals surface area contributed by atoms with Crippen molar-refractivity contribution in [3.05, 3.63) is 29.6 Å². The molecule has 1 aromatic heterocycles. The fraction of sp³-hybridized carbons (Fsp3) is 0.143. The van der Waals surface area contributed by atoms with Crippen LogP contribution in [0.5, 0.6) is 0 Å². The lowest BCUT2D eigenvalue weighted by Crippen LogP contribution is -1.92. The number of aromatic nitrogens is 1. The molecule has 0 aliphatic rings. The molecule has 52 valence electrons. The van der Waals surface area contributed by atoms with Gasteiger partial charge < -0.3 is 0 Å². The lowest BCUT2D eigenvalue weighted by atomic mass is 10.2. The van der Waals surface area contributed by atoms with Crippen molar-refractivity contribution in [1.29, 1.82) is 0 Å². The van der Waals surface area contributed by atoms with Crippen molar-refractivity contribution in [1.82, 2.24) is 4.98 Å². The third kappa shape index (κ3) is 1.33. The van der Waals surface area contributed by atoms with Crippen LogP contribution in [0.15, 0.2) is 18.5 Å². The van der Waals surface area contributed by atoms with Crippen molar-refractivity contribution in [2.45, 2.75) is 6.92 Å². The molecule has 0 amide bonds. The molecule has 10 heavy (non-hydrogen) atoms. The van der Waals surface area contributed by atoms with E-state index in [1.165, 1.54) is 0 Å². The molecule has 1 heterocycles. The molecule has 1 aromatic rings. The van der Waals surface area contributed by atoms with E-state index >= 15 is 0 Å². The van der Waals surface area contributed by atoms with Crippen LogP contribution in [0.3, 0.4) is 0 Å². The Morgan fingerprint density at radius 3 is 2.80 bits per heavy atom. The fourth-order valence-electron chi connectivity index (χ4n) is 0.694. The zero-order valence-corrected chi connectivity index (χ0v) is 6.22. The van der Waals surface area contributed by atoms with Crippen LogP contribution in [0.25, 0.3) is 0 Å². The topological polar surface area (TPSA) is 30.0 Å². The Bertz CT molecular complexity index is 260. The van der Waals surface area contributed by atoms with Crippen LogP contribution in [0.2, 0.25) is 0 Å². The van der Waals surface area contributed by atoms with Crippen molar-refractivity contribution >= 4 is 16.8 Å². The molecular weight excluding hydrogens is 150 g/mol. The van der Waals surface area contributed by atoms with Crippen LogP contribution < -0.4 is 0 Å². The Balaban J connectivity index is 3.15. The second kappa shape index (κ2) is 2.80. The molecule has 1 rings (SSSR count). The van der Waals surface area contributed by atoms with Gasteiger partial charge in [-0.15, -0.1) is 0 Å². The van der Waals surface area contributed by atoms with E-state index in [0.29, 0.717) is 5.56 Å². The van der Waals surface area contributed by atoms with Gasteiger partial charge in [0.1, 0.15) is 0 Å². The summed E-state index contributed by atoms with van der Waals surface area (Å²) >= 11 is 5.24. The zero-order valence-electron chi connectivity index (χ0n) is 5.47. The van der Waals surface area contributed by atoms with Gasteiger partial charge in [0.2, 0.25) is 0 Å². The van der Waals surface area contributed by atoms with Crippen molar-refractivity contribution in [2.75, 3.05) is 0 Å². The lowest BCUT2D eigenvalue weighted by Gasteiger charge is -1.95. The third-order valence-electron chi connectivity index (χ3n) is 1.23. The molecule has 0 saturated heterocycles. The van der Waals surface area contributed by atoms with E-state index in [0.717, 1.165) is 5.56 Å². The van der Waals surface area contributed by atoms with Gasteiger partial charge in [0.25, 0.3) is 5.24 Å². The van der Waals surface area contributed by atoms with Gasteiger partial charge in [-0.25, -0.2) is 0 Å². The molecule has 3 heteroatoms. The number of halogens is 1. The molecule has 2 nitrogen and oxygen atoms in total. The largest absolute Gasteiger partial charge is 0.276 e. The van der Waals surface area contributed by atoms with Crippen molar-refractivity contribution in [3.63, 3.8) is 0 Å². The Kier molecular flexibility index (Phi) is 2.02. The first-order chi connectivity index (χ1) is 4.72. The van der Waals surface area contributed by atoms with Gasteiger partial charge in [0, 0.05) is 18.0 Å². The lowest BCUT2D eigenvalue weighted by molar-refractivity contribution is 0.108. The molecule has 0 bridgehead atoms. The average Bonchev–Trinajstić information content (AvgIpc) is 1.88. The minimum atomic E-state index is -0.431. The summed E-state index contributed by atoms with van der Waals surface area (Å²) in [7, 11) is 0. The van der Waals surface area contributed by atoms with Crippen molar-refractivity contribution in [2.24, 2.45) is 0 Å². The molecule has 0 aromatic carbocycles. The third-order valence-corrected chi connectivity index (χ3v) is 1.44. The summed E-state index contributed by atoms with van der Waals surface area (Å²) in [6, 6.07) is 1.60. The summed E-state index contributed by atoms with van der Waals surface area (Å²) in [5, 5.41) is -0.431. The van der Waals surface area contributed by atoms with Crippen molar-refractivity contribution < 1.29 is 4.79 Å².